The smallest absolute Gasteiger partial charge is 0.375 e. The zero-order valence-electron chi connectivity index (χ0n) is 16.1. The molecule has 0 radical (unpaired) electrons. The van der Waals surface area contributed by atoms with Gasteiger partial charge in [-0.05, 0) is 44.9 Å². The summed E-state index contributed by atoms with van der Waals surface area (Å²) in [6.07, 6.45) is 3.87. The molecule has 0 aliphatic heterocycles. The second kappa shape index (κ2) is 10.2. The van der Waals surface area contributed by atoms with E-state index in [1.54, 1.807) is 12.1 Å². The highest BCUT2D eigenvalue weighted by molar-refractivity contribution is 5.28. The molecular weight excluding hydrogens is 325 g/mol. The first kappa shape index (κ1) is 22.0. The van der Waals surface area contributed by atoms with Gasteiger partial charge < -0.3 is 4.74 Å². The molecule has 1 nitrogen and oxygen atoms in total. The summed E-state index contributed by atoms with van der Waals surface area (Å²) in [4.78, 5) is 0. The molecule has 1 aromatic carbocycles. The van der Waals surface area contributed by atoms with Crippen molar-refractivity contribution in [1.29, 1.82) is 0 Å². The fourth-order valence-electron chi connectivity index (χ4n) is 3.42. The molecule has 0 saturated carbocycles. The lowest BCUT2D eigenvalue weighted by atomic mass is 9.80. The molecule has 0 aromatic heterocycles. The number of hydrogen-bond donors (Lipinski definition) is 0. The van der Waals surface area contributed by atoms with Gasteiger partial charge in [0.1, 0.15) is 0 Å². The van der Waals surface area contributed by atoms with Crippen LogP contribution in [0.4, 0.5) is 13.2 Å². The molecule has 1 rings (SSSR count). The lowest BCUT2D eigenvalue weighted by Crippen LogP contribution is -2.33. The quantitative estimate of drug-likeness (QED) is 0.376. The lowest BCUT2D eigenvalue weighted by molar-refractivity contribution is -0.137. The molecule has 0 aliphatic carbocycles. The minimum absolute atomic E-state index is 0.0981. The molecule has 25 heavy (non-hydrogen) atoms. The Kier molecular flexibility index (Phi) is 8.98. The van der Waals surface area contributed by atoms with Crippen molar-refractivity contribution in [2.45, 2.75) is 90.3 Å². The molecule has 0 saturated heterocycles. The number of benzene rings is 1. The minimum atomic E-state index is -4.29. The van der Waals surface area contributed by atoms with E-state index in [0.717, 1.165) is 18.4 Å². The molecule has 0 aliphatic rings. The van der Waals surface area contributed by atoms with Gasteiger partial charge in [0.2, 0.25) is 0 Å². The Morgan fingerprint density at radius 3 is 1.96 bits per heavy atom. The Bertz CT molecular complexity index is 477. The summed E-state index contributed by atoms with van der Waals surface area (Å²) in [5.41, 5.74) is -0.0541. The summed E-state index contributed by atoms with van der Waals surface area (Å²) in [5.74, 6) is 0.0981. The third kappa shape index (κ3) is 7.39. The third-order valence-electron chi connectivity index (χ3n) is 4.84. The summed E-state index contributed by atoms with van der Waals surface area (Å²) in [5, 5.41) is 0. The molecule has 1 atom stereocenters. The van der Waals surface area contributed by atoms with Crippen LogP contribution >= 0.6 is 0 Å². The maximum absolute atomic E-state index is 12.8. The molecule has 0 heterocycles. The molecule has 0 N–H and O–H groups in total. The predicted molar refractivity (Wildman–Crippen MR) is 97.9 cm³/mol. The van der Waals surface area contributed by atoms with Gasteiger partial charge >= 0.3 is 6.18 Å². The van der Waals surface area contributed by atoms with Gasteiger partial charge in [-0.15, -0.1) is 0 Å². The van der Waals surface area contributed by atoms with E-state index >= 15 is 0 Å². The average molecular weight is 358 g/mol. The van der Waals surface area contributed by atoms with Crippen molar-refractivity contribution in [3.05, 3.63) is 35.4 Å². The van der Waals surface area contributed by atoms with Crippen molar-refractivity contribution < 1.29 is 17.9 Å². The number of halogens is 3. The van der Waals surface area contributed by atoms with Crippen molar-refractivity contribution in [2.75, 3.05) is 6.61 Å². The van der Waals surface area contributed by atoms with E-state index in [1.807, 2.05) is 20.8 Å². The largest absolute Gasteiger partial charge is 0.416 e. The summed E-state index contributed by atoms with van der Waals surface area (Å²) < 4.78 is 44.3. The van der Waals surface area contributed by atoms with Crippen LogP contribution in [0.2, 0.25) is 0 Å². The van der Waals surface area contributed by atoms with Crippen LogP contribution in [0.5, 0.6) is 0 Å². The monoisotopic (exact) mass is 358 g/mol. The Morgan fingerprint density at radius 1 is 0.880 bits per heavy atom. The maximum Gasteiger partial charge on any atom is 0.416 e. The molecule has 1 aromatic rings. The first-order chi connectivity index (χ1) is 11.7. The van der Waals surface area contributed by atoms with Crippen LogP contribution in [-0.4, -0.2) is 12.2 Å². The van der Waals surface area contributed by atoms with Crippen molar-refractivity contribution >= 4 is 0 Å². The van der Waals surface area contributed by atoms with Crippen molar-refractivity contribution in [3.63, 3.8) is 0 Å². The fourth-order valence-corrected chi connectivity index (χ4v) is 3.42. The van der Waals surface area contributed by atoms with E-state index in [4.69, 9.17) is 4.74 Å². The van der Waals surface area contributed by atoms with Crippen molar-refractivity contribution in [1.82, 2.24) is 0 Å². The van der Waals surface area contributed by atoms with Gasteiger partial charge in [0.25, 0.3) is 0 Å². The van der Waals surface area contributed by atoms with E-state index in [0.29, 0.717) is 6.61 Å². The van der Waals surface area contributed by atoms with Crippen LogP contribution in [0.3, 0.4) is 0 Å². The number of rotatable bonds is 11. The number of hydrogen-bond acceptors (Lipinski definition) is 1. The van der Waals surface area contributed by atoms with Crippen molar-refractivity contribution in [3.8, 4) is 0 Å². The van der Waals surface area contributed by atoms with Gasteiger partial charge in [0.15, 0.2) is 0 Å². The fraction of sp³-hybridized carbons (Fsp3) is 0.714. The van der Waals surface area contributed by atoms with Gasteiger partial charge in [-0.2, -0.15) is 13.2 Å². The highest BCUT2D eigenvalue weighted by Gasteiger charge is 2.33. The molecule has 4 heteroatoms. The predicted octanol–water partition coefficient (Wildman–Crippen LogP) is 7.35. The molecule has 0 bridgehead atoms. The number of unbranched alkanes of at least 4 members (excludes halogenated alkanes) is 5. The Hall–Kier alpha value is -1.03. The lowest BCUT2D eigenvalue weighted by Gasteiger charge is -2.35. The summed E-state index contributed by atoms with van der Waals surface area (Å²) in [7, 11) is 0. The maximum atomic E-state index is 12.8. The zero-order chi connectivity index (χ0) is 18.9. The topological polar surface area (TPSA) is 9.23 Å². The van der Waals surface area contributed by atoms with Gasteiger partial charge in [-0.25, -0.2) is 0 Å². The summed E-state index contributed by atoms with van der Waals surface area (Å²) in [6, 6.07) is 5.61. The van der Waals surface area contributed by atoms with E-state index < -0.39 is 17.3 Å². The van der Waals surface area contributed by atoms with E-state index in [9.17, 15) is 13.2 Å². The Morgan fingerprint density at radius 2 is 1.44 bits per heavy atom. The molecule has 0 spiro atoms. The van der Waals surface area contributed by atoms with E-state index in [1.165, 1.54) is 44.2 Å². The van der Waals surface area contributed by atoms with Crippen LogP contribution in [0.25, 0.3) is 0 Å². The van der Waals surface area contributed by atoms with Crippen LogP contribution in [0.15, 0.2) is 24.3 Å². The Labute approximate surface area is 151 Å². The third-order valence-corrected chi connectivity index (χ3v) is 4.84. The van der Waals surface area contributed by atoms with Gasteiger partial charge in [0, 0.05) is 12.5 Å². The molecule has 1 unspecified atom stereocenters. The zero-order valence-corrected chi connectivity index (χ0v) is 16.1. The normalized spacial score (nSPS) is 13.9. The summed E-state index contributed by atoms with van der Waals surface area (Å²) in [6.45, 7) is 8.83. The molecular formula is C21H33F3O. The van der Waals surface area contributed by atoms with Crippen LogP contribution in [-0.2, 0) is 10.9 Å². The highest BCUT2D eigenvalue weighted by atomic mass is 19.4. The first-order valence-corrected chi connectivity index (χ1v) is 9.53. The molecule has 0 amide bonds. The van der Waals surface area contributed by atoms with Gasteiger partial charge in [-0.1, -0.05) is 57.6 Å². The minimum Gasteiger partial charge on any atom is -0.375 e. The Balaban J connectivity index is 2.80. The SMILES string of the molecule is CCCCCCCCC(c1ccc(C(F)(F)F)cc1)C(C)(C)OCC. The van der Waals surface area contributed by atoms with Gasteiger partial charge in [-0.3, -0.25) is 0 Å². The molecule has 0 fully saturated rings. The van der Waals surface area contributed by atoms with E-state index in [-0.39, 0.29) is 5.92 Å². The standard InChI is InChI=1S/C21H33F3O/c1-5-7-8-9-10-11-12-19(20(3,4)25-6-2)17-13-15-18(16-14-17)21(22,23)24/h13-16,19H,5-12H2,1-4H3. The van der Waals surface area contributed by atoms with E-state index in [2.05, 4.69) is 6.92 Å². The second-order valence-corrected chi connectivity index (χ2v) is 7.27. The van der Waals surface area contributed by atoms with Crippen LogP contribution in [0.1, 0.15) is 89.7 Å². The average Bonchev–Trinajstić information content (AvgIpc) is 2.53. The first-order valence-electron chi connectivity index (χ1n) is 9.53. The number of ether oxygens (including phenoxy) is 1. The van der Waals surface area contributed by atoms with Crippen LogP contribution in [0, 0.1) is 0 Å². The number of alkyl halides is 3. The summed E-state index contributed by atoms with van der Waals surface area (Å²) >= 11 is 0. The second-order valence-electron chi connectivity index (χ2n) is 7.27. The van der Waals surface area contributed by atoms with Crippen LogP contribution < -0.4 is 0 Å². The highest BCUT2D eigenvalue weighted by Crippen LogP contribution is 2.37. The van der Waals surface area contributed by atoms with Crippen molar-refractivity contribution in [2.24, 2.45) is 0 Å². The molecule has 144 valence electrons. The van der Waals surface area contributed by atoms with Gasteiger partial charge in [0.05, 0.1) is 11.2 Å².